The lowest BCUT2D eigenvalue weighted by Gasteiger charge is -2.21. The van der Waals surface area contributed by atoms with E-state index in [1.54, 1.807) is 0 Å². The summed E-state index contributed by atoms with van der Waals surface area (Å²) in [5.74, 6) is 0.108. The van der Waals surface area contributed by atoms with Crippen molar-refractivity contribution in [2.24, 2.45) is 5.73 Å². The molecule has 2 atom stereocenters. The molecular formula is C12H24N2O2. The molecule has 0 spiro atoms. The molecule has 1 rings (SSSR count). The number of carbonyl (C=O) groups excluding carboxylic acids is 1. The number of rotatable bonds is 6. The van der Waals surface area contributed by atoms with Gasteiger partial charge >= 0.3 is 0 Å². The fourth-order valence-corrected chi connectivity index (χ4v) is 1.90. The maximum Gasteiger partial charge on any atom is 0.222 e. The molecule has 2 unspecified atom stereocenters. The Morgan fingerprint density at radius 1 is 1.56 bits per heavy atom. The van der Waals surface area contributed by atoms with Gasteiger partial charge in [-0.1, -0.05) is 0 Å². The lowest BCUT2D eigenvalue weighted by atomic mass is 10.1. The van der Waals surface area contributed by atoms with Crippen molar-refractivity contribution in [3.63, 3.8) is 0 Å². The molecule has 94 valence electrons. The van der Waals surface area contributed by atoms with E-state index in [9.17, 15) is 4.79 Å². The number of hydrogen-bond donors (Lipinski definition) is 2. The molecule has 0 radical (unpaired) electrons. The quantitative estimate of drug-likeness (QED) is 0.671. The topological polar surface area (TPSA) is 64.3 Å². The van der Waals surface area contributed by atoms with Gasteiger partial charge in [-0.05, 0) is 39.0 Å². The third-order valence-electron chi connectivity index (χ3n) is 2.85. The Labute approximate surface area is 97.9 Å². The zero-order chi connectivity index (χ0) is 11.8. The third kappa shape index (κ3) is 6.08. The van der Waals surface area contributed by atoms with Crippen LogP contribution in [-0.4, -0.2) is 31.2 Å². The molecule has 1 aliphatic heterocycles. The van der Waals surface area contributed by atoms with E-state index in [4.69, 9.17) is 10.5 Å². The van der Waals surface area contributed by atoms with Crippen LogP contribution >= 0.6 is 0 Å². The van der Waals surface area contributed by atoms with E-state index in [1.807, 2.05) is 6.92 Å². The summed E-state index contributed by atoms with van der Waals surface area (Å²) in [6, 6.07) is 0.221. The largest absolute Gasteiger partial charge is 0.378 e. The molecule has 0 saturated carbocycles. The SMILES string of the molecule is CC(N)CCCNC(=O)CC1CCCCO1. The molecule has 0 aromatic carbocycles. The van der Waals surface area contributed by atoms with Crippen LogP contribution in [0.15, 0.2) is 0 Å². The maximum absolute atomic E-state index is 11.5. The Morgan fingerprint density at radius 3 is 3.00 bits per heavy atom. The first-order chi connectivity index (χ1) is 7.68. The molecule has 0 bridgehead atoms. The number of carbonyl (C=O) groups is 1. The molecule has 4 nitrogen and oxygen atoms in total. The molecule has 1 heterocycles. The van der Waals surface area contributed by atoms with Crippen molar-refractivity contribution in [2.45, 2.75) is 57.6 Å². The molecule has 3 N–H and O–H groups in total. The normalized spacial score (nSPS) is 22.8. The van der Waals surface area contributed by atoms with E-state index in [-0.39, 0.29) is 18.1 Å². The summed E-state index contributed by atoms with van der Waals surface area (Å²) in [5.41, 5.74) is 5.63. The van der Waals surface area contributed by atoms with Gasteiger partial charge in [0.1, 0.15) is 0 Å². The van der Waals surface area contributed by atoms with E-state index in [1.165, 1.54) is 6.42 Å². The highest BCUT2D eigenvalue weighted by molar-refractivity contribution is 5.76. The van der Waals surface area contributed by atoms with Gasteiger partial charge in [-0.15, -0.1) is 0 Å². The second-order valence-electron chi connectivity index (χ2n) is 4.66. The lowest BCUT2D eigenvalue weighted by Crippen LogP contribution is -2.31. The maximum atomic E-state index is 11.5. The molecule has 0 aliphatic carbocycles. The summed E-state index contributed by atoms with van der Waals surface area (Å²) in [6.07, 6.45) is 5.90. The second kappa shape index (κ2) is 7.63. The zero-order valence-corrected chi connectivity index (χ0v) is 10.2. The predicted octanol–water partition coefficient (Wildman–Crippen LogP) is 1.19. The van der Waals surface area contributed by atoms with Gasteiger partial charge in [0.2, 0.25) is 5.91 Å². The number of ether oxygens (including phenoxy) is 1. The van der Waals surface area contributed by atoms with E-state index in [2.05, 4.69) is 5.32 Å². The molecule has 1 aliphatic rings. The monoisotopic (exact) mass is 228 g/mol. The molecule has 1 saturated heterocycles. The van der Waals surface area contributed by atoms with Crippen molar-refractivity contribution in [3.8, 4) is 0 Å². The molecule has 0 aromatic rings. The standard InChI is InChI=1S/C12H24N2O2/c1-10(13)5-4-7-14-12(15)9-11-6-2-3-8-16-11/h10-11H,2-9,13H2,1H3,(H,14,15). The minimum Gasteiger partial charge on any atom is -0.378 e. The van der Waals surface area contributed by atoms with E-state index >= 15 is 0 Å². The van der Waals surface area contributed by atoms with Crippen molar-refractivity contribution in [2.75, 3.05) is 13.2 Å². The number of nitrogens with two attached hydrogens (primary N) is 1. The minimum absolute atomic E-state index is 0.108. The highest BCUT2D eigenvalue weighted by Crippen LogP contribution is 2.15. The summed E-state index contributed by atoms with van der Waals surface area (Å²) in [5, 5.41) is 2.91. The van der Waals surface area contributed by atoms with Gasteiger partial charge in [0, 0.05) is 19.2 Å². The van der Waals surface area contributed by atoms with E-state index < -0.39 is 0 Å². The molecule has 0 aromatic heterocycles. The van der Waals surface area contributed by atoms with Gasteiger partial charge in [-0.25, -0.2) is 0 Å². The molecule has 4 heteroatoms. The van der Waals surface area contributed by atoms with Gasteiger partial charge in [-0.2, -0.15) is 0 Å². The Balaban J connectivity index is 2.01. The van der Waals surface area contributed by atoms with Gasteiger partial charge < -0.3 is 15.8 Å². The van der Waals surface area contributed by atoms with Crippen LogP contribution in [0.5, 0.6) is 0 Å². The van der Waals surface area contributed by atoms with Crippen LogP contribution in [0, 0.1) is 0 Å². The fourth-order valence-electron chi connectivity index (χ4n) is 1.90. The highest BCUT2D eigenvalue weighted by atomic mass is 16.5. The zero-order valence-electron chi connectivity index (χ0n) is 10.2. The van der Waals surface area contributed by atoms with E-state index in [0.717, 1.165) is 38.8 Å². The first-order valence-corrected chi connectivity index (χ1v) is 6.32. The average Bonchev–Trinajstić information content (AvgIpc) is 2.25. The van der Waals surface area contributed by atoms with Crippen molar-refractivity contribution < 1.29 is 9.53 Å². The summed E-state index contributed by atoms with van der Waals surface area (Å²) >= 11 is 0. The van der Waals surface area contributed by atoms with Crippen LogP contribution in [-0.2, 0) is 9.53 Å². The van der Waals surface area contributed by atoms with Crippen LogP contribution in [0.2, 0.25) is 0 Å². The van der Waals surface area contributed by atoms with E-state index in [0.29, 0.717) is 6.42 Å². The lowest BCUT2D eigenvalue weighted by molar-refractivity contribution is -0.124. The minimum atomic E-state index is 0.108. The first kappa shape index (κ1) is 13.5. The van der Waals surface area contributed by atoms with Gasteiger partial charge in [0.15, 0.2) is 0 Å². The number of nitrogens with one attached hydrogen (secondary N) is 1. The second-order valence-corrected chi connectivity index (χ2v) is 4.66. The smallest absolute Gasteiger partial charge is 0.222 e. The molecule has 1 fully saturated rings. The Hall–Kier alpha value is -0.610. The van der Waals surface area contributed by atoms with Crippen molar-refractivity contribution >= 4 is 5.91 Å². The fraction of sp³-hybridized carbons (Fsp3) is 0.917. The predicted molar refractivity (Wildman–Crippen MR) is 64.1 cm³/mol. The molecular weight excluding hydrogens is 204 g/mol. The van der Waals surface area contributed by atoms with Crippen LogP contribution < -0.4 is 11.1 Å². The third-order valence-corrected chi connectivity index (χ3v) is 2.85. The number of amides is 1. The molecule has 1 amide bonds. The summed E-state index contributed by atoms with van der Waals surface area (Å²) in [4.78, 5) is 11.5. The van der Waals surface area contributed by atoms with Crippen molar-refractivity contribution in [1.82, 2.24) is 5.32 Å². The Kier molecular flexibility index (Phi) is 6.42. The van der Waals surface area contributed by atoms with Gasteiger partial charge in [0.05, 0.1) is 12.5 Å². The average molecular weight is 228 g/mol. The Bertz CT molecular complexity index is 201. The molecule has 16 heavy (non-hydrogen) atoms. The first-order valence-electron chi connectivity index (χ1n) is 6.32. The Morgan fingerprint density at radius 2 is 2.38 bits per heavy atom. The summed E-state index contributed by atoms with van der Waals surface area (Å²) in [7, 11) is 0. The van der Waals surface area contributed by atoms with Gasteiger partial charge in [-0.3, -0.25) is 4.79 Å². The number of hydrogen-bond acceptors (Lipinski definition) is 3. The van der Waals surface area contributed by atoms with Crippen LogP contribution in [0.4, 0.5) is 0 Å². The van der Waals surface area contributed by atoms with Crippen molar-refractivity contribution in [3.05, 3.63) is 0 Å². The van der Waals surface area contributed by atoms with Gasteiger partial charge in [0.25, 0.3) is 0 Å². The summed E-state index contributed by atoms with van der Waals surface area (Å²) in [6.45, 7) is 3.52. The van der Waals surface area contributed by atoms with Crippen LogP contribution in [0.25, 0.3) is 0 Å². The van der Waals surface area contributed by atoms with Crippen LogP contribution in [0.3, 0.4) is 0 Å². The highest BCUT2D eigenvalue weighted by Gasteiger charge is 2.17. The summed E-state index contributed by atoms with van der Waals surface area (Å²) < 4.78 is 5.51. The van der Waals surface area contributed by atoms with Crippen LogP contribution in [0.1, 0.15) is 45.4 Å². The van der Waals surface area contributed by atoms with Crippen molar-refractivity contribution in [1.29, 1.82) is 0 Å².